The molecule has 0 spiro atoms. The van der Waals surface area contributed by atoms with E-state index in [1.165, 1.54) is 16.7 Å². The molecule has 1 fully saturated rings. The zero-order valence-corrected chi connectivity index (χ0v) is 21.8. The molecule has 3 aromatic rings. The molecule has 0 aliphatic carbocycles. The van der Waals surface area contributed by atoms with Crippen molar-refractivity contribution in [2.75, 3.05) is 18.8 Å². The molecule has 0 saturated carbocycles. The van der Waals surface area contributed by atoms with Gasteiger partial charge in [0, 0.05) is 17.5 Å². The van der Waals surface area contributed by atoms with E-state index in [-0.39, 0.29) is 24.1 Å². The number of rotatable bonds is 4. The first-order valence-electron chi connectivity index (χ1n) is 12.2. The van der Waals surface area contributed by atoms with E-state index >= 15 is 0 Å². The van der Waals surface area contributed by atoms with Crippen molar-refractivity contribution in [1.82, 2.24) is 9.80 Å². The van der Waals surface area contributed by atoms with Gasteiger partial charge in [0.1, 0.15) is 18.2 Å². The highest BCUT2D eigenvalue weighted by Gasteiger charge is 2.46. The van der Waals surface area contributed by atoms with Crippen molar-refractivity contribution in [2.24, 2.45) is 0 Å². The molecule has 190 valence electrons. The van der Waals surface area contributed by atoms with Crippen LogP contribution in [0, 0.1) is 0 Å². The van der Waals surface area contributed by atoms with Crippen LogP contribution in [0.2, 0.25) is 0 Å². The van der Waals surface area contributed by atoms with Crippen LogP contribution < -0.4 is 0 Å². The summed E-state index contributed by atoms with van der Waals surface area (Å²) in [5.74, 6) is -1.71. The molecule has 7 nitrogen and oxygen atoms in total. The highest BCUT2D eigenvalue weighted by molar-refractivity contribution is 7.99. The summed E-state index contributed by atoms with van der Waals surface area (Å²) < 4.78 is 5.49. The van der Waals surface area contributed by atoms with E-state index in [0.29, 0.717) is 11.1 Å². The first-order chi connectivity index (χ1) is 17.6. The van der Waals surface area contributed by atoms with Crippen molar-refractivity contribution >= 4 is 46.2 Å². The molecule has 2 heterocycles. The van der Waals surface area contributed by atoms with Crippen LogP contribution in [0.5, 0.6) is 0 Å². The largest absolute Gasteiger partial charge is 0.459 e. The van der Waals surface area contributed by atoms with Crippen molar-refractivity contribution < 1.29 is 23.9 Å². The molecule has 3 amide bonds. The van der Waals surface area contributed by atoms with Gasteiger partial charge in [-0.05, 0) is 55.3 Å². The number of carbonyl (C=O) groups excluding carboxylic acids is 4. The summed E-state index contributed by atoms with van der Waals surface area (Å²) in [5.41, 5.74) is 0.882. The molecule has 37 heavy (non-hydrogen) atoms. The fourth-order valence-corrected chi connectivity index (χ4v) is 6.12. The summed E-state index contributed by atoms with van der Waals surface area (Å²) in [5, 5.41) is 2.03. The third-order valence-corrected chi connectivity index (χ3v) is 7.79. The lowest BCUT2D eigenvalue weighted by molar-refractivity contribution is -0.159. The first-order valence-corrected chi connectivity index (χ1v) is 13.2. The van der Waals surface area contributed by atoms with Gasteiger partial charge >= 0.3 is 5.97 Å². The Kier molecular flexibility index (Phi) is 6.54. The third kappa shape index (κ3) is 4.98. The quantitative estimate of drug-likeness (QED) is 0.376. The second-order valence-electron chi connectivity index (χ2n) is 10.3. The number of ether oxygens (including phenoxy) is 1. The predicted molar refractivity (Wildman–Crippen MR) is 142 cm³/mol. The zero-order chi connectivity index (χ0) is 26.3. The Labute approximate surface area is 219 Å². The molecule has 0 N–H and O–H groups in total. The van der Waals surface area contributed by atoms with E-state index in [2.05, 4.69) is 6.07 Å². The lowest BCUT2D eigenvalue weighted by atomic mass is 10.0. The molecular weight excluding hydrogens is 488 g/mol. The molecule has 8 heteroatoms. The average molecular weight is 517 g/mol. The number of esters is 1. The highest BCUT2D eigenvalue weighted by atomic mass is 32.2. The molecule has 0 aromatic heterocycles. The van der Waals surface area contributed by atoms with Gasteiger partial charge in [-0.25, -0.2) is 0 Å². The summed E-state index contributed by atoms with van der Waals surface area (Å²) >= 11 is 1.51. The van der Waals surface area contributed by atoms with E-state index in [0.717, 1.165) is 21.2 Å². The van der Waals surface area contributed by atoms with E-state index in [9.17, 15) is 19.2 Å². The van der Waals surface area contributed by atoms with E-state index in [1.807, 2.05) is 36.4 Å². The van der Waals surface area contributed by atoms with Crippen molar-refractivity contribution in [1.29, 1.82) is 0 Å². The Morgan fingerprint density at radius 1 is 0.919 bits per heavy atom. The standard InChI is InChI=1S/C29H28N2O5S/c1-29(2,3)36-25(32)16-30-15-24(20-13-12-18-8-4-5-9-19(18)14-20)37-17-23(28(30)35)31-26(33)21-10-6-7-11-22(21)27(31)34/h4-14,23-24H,15-17H2,1-3H3. The maximum absolute atomic E-state index is 13.8. The van der Waals surface area contributed by atoms with Gasteiger partial charge in [-0.2, -0.15) is 0 Å². The smallest absolute Gasteiger partial charge is 0.326 e. The highest BCUT2D eigenvalue weighted by Crippen LogP contribution is 2.37. The molecule has 0 bridgehead atoms. The second kappa shape index (κ2) is 9.67. The van der Waals surface area contributed by atoms with Gasteiger partial charge in [-0.15, -0.1) is 11.8 Å². The Morgan fingerprint density at radius 2 is 1.54 bits per heavy atom. The number of carbonyl (C=O) groups is 4. The maximum atomic E-state index is 13.8. The van der Waals surface area contributed by atoms with Gasteiger partial charge in [0.15, 0.2) is 0 Å². The third-order valence-electron chi connectivity index (χ3n) is 6.46. The summed E-state index contributed by atoms with van der Waals surface area (Å²) in [6.07, 6.45) is 0. The van der Waals surface area contributed by atoms with Gasteiger partial charge in [-0.3, -0.25) is 24.1 Å². The number of fused-ring (bicyclic) bond motifs is 2. The fraction of sp³-hybridized carbons (Fsp3) is 0.310. The molecule has 2 aliphatic heterocycles. The number of imide groups is 1. The van der Waals surface area contributed by atoms with Crippen LogP contribution in [0.25, 0.3) is 10.8 Å². The topological polar surface area (TPSA) is 84.0 Å². The number of thioether (sulfide) groups is 1. The summed E-state index contributed by atoms with van der Waals surface area (Å²) in [6, 6.07) is 19.7. The lowest BCUT2D eigenvalue weighted by Gasteiger charge is -2.29. The minimum atomic E-state index is -1.02. The van der Waals surface area contributed by atoms with Crippen LogP contribution in [-0.2, 0) is 14.3 Å². The summed E-state index contributed by atoms with van der Waals surface area (Å²) in [7, 11) is 0. The second-order valence-corrected chi connectivity index (χ2v) is 11.5. The van der Waals surface area contributed by atoms with Crippen LogP contribution in [0.3, 0.4) is 0 Å². The van der Waals surface area contributed by atoms with Crippen LogP contribution in [0.15, 0.2) is 66.7 Å². The van der Waals surface area contributed by atoms with Crippen molar-refractivity contribution in [2.45, 2.75) is 37.7 Å². The Morgan fingerprint density at radius 3 is 2.19 bits per heavy atom. The molecule has 2 unspecified atom stereocenters. The Balaban J connectivity index is 1.48. The molecule has 3 aromatic carbocycles. The summed E-state index contributed by atoms with van der Waals surface area (Å²) in [4.78, 5) is 55.5. The number of benzene rings is 3. The minimum Gasteiger partial charge on any atom is -0.459 e. The first kappa shape index (κ1) is 25.0. The van der Waals surface area contributed by atoms with Crippen LogP contribution >= 0.6 is 11.8 Å². The van der Waals surface area contributed by atoms with Gasteiger partial charge in [0.25, 0.3) is 11.8 Å². The maximum Gasteiger partial charge on any atom is 0.326 e. The molecule has 2 atom stereocenters. The molecule has 1 saturated heterocycles. The van der Waals surface area contributed by atoms with Gasteiger partial charge in [0.2, 0.25) is 5.91 Å². The molecule has 5 rings (SSSR count). The normalized spacial score (nSPS) is 20.2. The average Bonchev–Trinajstić information content (AvgIpc) is 3.00. The minimum absolute atomic E-state index is 0.156. The number of hydrogen-bond donors (Lipinski definition) is 0. The van der Waals surface area contributed by atoms with Crippen LogP contribution in [-0.4, -0.2) is 64.0 Å². The van der Waals surface area contributed by atoms with Crippen molar-refractivity contribution in [3.8, 4) is 0 Å². The number of nitrogens with zero attached hydrogens (tertiary/aromatic N) is 2. The SMILES string of the molecule is CC(C)(C)OC(=O)CN1CC(c2ccc3ccccc3c2)SCC(N2C(=O)c3ccccc3C2=O)C1=O. The zero-order valence-electron chi connectivity index (χ0n) is 21.0. The van der Waals surface area contributed by atoms with Crippen molar-refractivity contribution in [3.63, 3.8) is 0 Å². The summed E-state index contributed by atoms with van der Waals surface area (Å²) in [6.45, 7) is 5.29. The lowest BCUT2D eigenvalue weighted by Crippen LogP contribution is -2.52. The Bertz CT molecular complexity index is 1380. The Hall–Kier alpha value is -3.65. The van der Waals surface area contributed by atoms with E-state index in [4.69, 9.17) is 4.74 Å². The predicted octanol–water partition coefficient (Wildman–Crippen LogP) is 4.46. The number of amides is 3. The van der Waals surface area contributed by atoms with Gasteiger partial charge in [-0.1, -0.05) is 48.5 Å². The van der Waals surface area contributed by atoms with Gasteiger partial charge < -0.3 is 9.64 Å². The monoisotopic (exact) mass is 516 g/mol. The van der Waals surface area contributed by atoms with Gasteiger partial charge in [0.05, 0.1) is 11.1 Å². The molecule has 2 aliphatic rings. The number of hydrogen-bond acceptors (Lipinski definition) is 6. The van der Waals surface area contributed by atoms with Crippen LogP contribution in [0.4, 0.5) is 0 Å². The molecular formula is C29H28N2O5S. The van der Waals surface area contributed by atoms with Crippen LogP contribution in [0.1, 0.15) is 52.3 Å². The fourth-order valence-electron chi connectivity index (χ4n) is 4.79. The van der Waals surface area contributed by atoms with Crippen molar-refractivity contribution in [3.05, 3.63) is 83.4 Å². The van der Waals surface area contributed by atoms with E-state index < -0.39 is 35.3 Å². The van der Waals surface area contributed by atoms with E-state index in [1.54, 1.807) is 45.0 Å². The molecule has 0 radical (unpaired) electrons.